The number of rotatable bonds is 6. The van der Waals surface area contributed by atoms with Crippen molar-refractivity contribution in [1.82, 2.24) is 4.90 Å². The van der Waals surface area contributed by atoms with E-state index in [-0.39, 0.29) is 12.3 Å². The summed E-state index contributed by atoms with van der Waals surface area (Å²) < 4.78 is 14.2. The van der Waals surface area contributed by atoms with E-state index in [1.807, 2.05) is 0 Å². The number of esters is 3. The van der Waals surface area contributed by atoms with Crippen LogP contribution in [0.5, 0.6) is 0 Å². The predicted molar refractivity (Wildman–Crippen MR) is 79.8 cm³/mol. The summed E-state index contributed by atoms with van der Waals surface area (Å²) >= 11 is 1.16. The Morgan fingerprint density at radius 2 is 1.83 bits per heavy atom. The number of ether oxygens (including phenoxy) is 3. The zero-order valence-electron chi connectivity index (χ0n) is 13.3. The van der Waals surface area contributed by atoms with Gasteiger partial charge in [0.15, 0.2) is 0 Å². The number of hydrogen-bond acceptors (Lipinski definition) is 9. The molecular weight excluding hydrogens is 342 g/mol. The van der Waals surface area contributed by atoms with Gasteiger partial charge in [-0.2, -0.15) is 0 Å². The lowest BCUT2D eigenvalue weighted by molar-refractivity contribution is -0.168. The molecule has 2 unspecified atom stereocenters. The Bertz CT molecular complexity index is 614. The molecule has 1 N–H and O–H groups in total. The van der Waals surface area contributed by atoms with Crippen LogP contribution in [0.2, 0.25) is 0 Å². The Labute approximate surface area is 141 Å². The van der Waals surface area contributed by atoms with E-state index >= 15 is 0 Å². The van der Waals surface area contributed by atoms with Gasteiger partial charge >= 0.3 is 17.9 Å². The fraction of sp³-hybridized carbons (Fsp3) is 0.571. The van der Waals surface area contributed by atoms with Crippen molar-refractivity contribution in [1.29, 1.82) is 0 Å². The van der Waals surface area contributed by atoms with E-state index < -0.39 is 48.0 Å². The van der Waals surface area contributed by atoms with Gasteiger partial charge in [0.1, 0.15) is 17.7 Å². The average Bonchev–Trinajstić information content (AvgIpc) is 2.78. The van der Waals surface area contributed by atoms with E-state index in [2.05, 4.69) is 4.74 Å². The molecule has 1 amide bonds. The summed E-state index contributed by atoms with van der Waals surface area (Å²) in [5, 5.41) is 9.22. The molecule has 0 bridgehead atoms. The summed E-state index contributed by atoms with van der Waals surface area (Å²) in [6.45, 7) is 3.09. The Kier molecular flexibility index (Phi) is 5.50. The van der Waals surface area contributed by atoms with Gasteiger partial charge < -0.3 is 19.3 Å². The van der Waals surface area contributed by atoms with Gasteiger partial charge in [-0.15, -0.1) is 0 Å². The number of carbonyl (C=O) groups excluding carboxylic acids is 4. The van der Waals surface area contributed by atoms with Crippen LogP contribution in [0.25, 0.3) is 0 Å². The summed E-state index contributed by atoms with van der Waals surface area (Å²) in [5.74, 6) is -3.10. The molecule has 0 spiro atoms. The van der Waals surface area contributed by atoms with Gasteiger partial charge in [0, 0.05) is 13.8 Å². The molecule has 24 heavy (non-hydrogen) atoms. The molecule has 1 fully saturated rings. The van der Waals surface area contributed by atoms with Crippen molar-refractivity contribution in [3.05, 3.63) is 10.6 Å². The van der Waals surface area contributed by atoms with E-state index in [1.165, 1.54) is 18.7 Å². The lowest BCUT2D eigenvalue weighted by atomic mass is 9.92. The van der Waals surface area contributed by atoms with Gasteiger partial charge in [-0.05, 0) is 6.92 Å². The standard InChI is InChI=1S/C14H17NO8S/c1-6(16)10-12(19)15-11(14(20)23-5-22-8(3)18)9(24-13(10)15)4-21-7(2)17/h6,10,13,16H,4-5H2,1-3H3/t6?,10?,13-/m1/s1. The number of nitrogens with zero attached hydrogens (tertiary/aromatic N) is 1. The number of carbonyl (C=O) groups is 4. The highest BCUT2D eigenvalue weighted by Gasteiger charge is 2.57. The predicted octanol–water partition coefficient (Wildman–Crippen LogP) is -0.263. The molecule has 2 aliphatic heterocycles. The lowest BCUT2D eigenvalue weighted by Crippen LogP contribution is -2.60. The minimum Gasteiger partial charge on any atom is -0.460 e. The normalized spacial score (nSPS) is 23.3. The smallest absolute Gasteiger partial charge is 0.358 e. The third kappa shape index (κ3) is 3.54. The number of aliphatic hydroxyl groups excluding tert-OH is 1. The van der Waals surface area contributed by atoms with E-state index in [1.54, 1.807) is 0 Å². The molecule has 2 rings (SSSR count). The minimum atomic E-state index is -0.877. The first-order valence-electron chi connectivity index (χ1n) is 7.08. The Morgan fingerprint density at radius 1 is 1.21 bits per heavy atom. The third-order valence-corrected chi connectivity index (χ3v) is 4.77. The summed E-state index contributed by atoms with van der Waals surface area (Å²) in [7, 11) is 0. The quantitative estimate of drug-likeness (QED) is 0.388. The molecule has 10 heteroatoms. The van der Waals surface area contributed by atoms with Gasteiger partial charge in [-0.1, -0.05) is 11.8 Å². The van der Waals surface area contributed by atoms with Crippen LogP contribution in [-0.4, -0.2) is 58.7 Å². The molecule has 0 aromatic rings. The zero-order valence-corrected chi connectivity index (χ0v) is 14.1. The summed E-state index contributed by atoms with van der Waals surface area (Å²) in [5.41, 5.74) is -0.0553. The highest BCUT2D eigenvalue weighted by molar-refractivity contribution is 8.04. The molecule has 2 heterocycles. The summed E-state index contributed by atoms with van der Waals surface area (Å²) in [6, 6.07) is 0. The van der Waals surface area contributed by atoms with E-state index in [0.717, 1.165) is 18.7 Å². The van der Waals surface area contributed by atoms with Crippen LogP contribution in [0.4, 0.5) is 0 Å². The molecule has 3 atom stereocenters. The second-order valence-corrected chi connectivity index (χ2v) is 6.43. The number of thioether (sulfide) groups is 1. The number of amides is 1. The average molecular weight is 359 g/mol. The van der Waals surface area contributed by atoms with Crippen LogP contribution < -0.4 is 0 Å². The van der Waals surface area contributed by atoms with Crippen molar-refractivity contribution in [3.63, 3.8) is 0 Å². The van der Waals surface area contributed by atoms with Crippen molar-refractivity contribution in [2.45, 2.75) is 32.2 Å². The van der Waals surface area contributed by atoms with Gasteiger partial charge in [0.2, 0.25) is 12.7 Å². The first-order chi connectivity index (χ1) is 11.2. The molecule has 0 saturated carbocycles. The van der Waals surface area contributed by atoms with Crippen LogP contribution in [0.15, 0.2) is 10.6 Å². The topological polar surface area (TPSA) is 119 Å². The second-order valence-electron chi connectivity index (χ2n) is 5.22. The molecular formula is C14H17NO8S. The van der Waals surface area contributed by atoms with E-state index in [4.69, 9.17) is 9.47 Å². The Morgan fingerprint density at radius 3 is 2.38 bits per heavy atom. The number of β-lactam (4-membered cyclic amide) rings is 1. The molecule has 132 valence electrons. The maximum absolute atomic E-state index is 12.2. The van der Waals surface area contributed by atoms with Crippen LogP contribution in [0, 0.1) is 5.92 Å². The fourth-order valence-corrected chi connectivity index (χ4v) is 3.86. The first kappa shape index (κ1) is 18.3. The van der Waals surface area contributed by atoms with Gasteiger partial charge in [-0.25, -0.2) is 4.79 Å². The second kappa shape index (κ2) is 7.22. The van der Waals surface area contributed by atoms with Crippen LogP contribution in [-0.2, 0) is 33.4 Å². The number of fused-ring (bicyclic) bond motifs is 1. The summed E-state index contributed by atoms with van der Waals surface area (Å²) in [6.07, 6.45) is -0.877. The number of aliphatic hydroxyl groups is 1. The van der Waals surface area contributed by atoms with Crippen molar-refractivity contribution < 1.29 is 38.5 Å². The minimum absolute atomic E-state index is 0.0553. The van der Waals surface area contributed by atoms with Gasteiger partial charge in [0.05, 0.1) is 16.9 Å². The Hall–Kier alpha value is -2.07. The van der Waals surface area contributed by atoms with Crippen molar-refractivity contribution in [3.8, 4) is 0 Å². The number of hydrogen-bond donors (Lipinski definition) is 1. The summed E-state index contributed by atoms with van der Waals surface area (Å²) in [4.78, 5) is 47.6. The zero-order chi connectivity index (χ0) is 18.0. The molecule has 0 radical (unpaired) electrons. The maximum atomic E-state index is 12.2. The van der Waals surface area contributed by atoms with Crippen LogP contribution in [0.3, 0.4) is 0 Å². The van der Waals surface area contributed by atoms with Crippen LogP contribution in [0.1, 0.15) is 20.8 Å². The van der Waals surface area contributed by atoms with Crippen molar-refractivity contribution >= 4 is 35.6 Å². The van der Waals surface area contributed by atoms with E-state index in [9.17, 15) is 24.3 Å². The highest BCUT2D eigenvalue weighted by Crippen LogP contribution is 2.50. The molecule has 0 aromatic carbocycles. The molecule has 9 nitrogen and oxygen atoms in total. The maximum Gasteiger partial charge on any atom is 0.358 e. The third-order valence-electron chi connectivity index (χ3n) is 3.42. The van der Waals surface area contributed by atoms with Gasteiger partial charge in [-0.3, -0.25) is 19.3 Å². The first-order valence-corrected chi connectivity index (χ1v) is 7.96. The molecule has 2 aliphatic rings. The highest BCUT2D eigenvalue weighted by atomic mass is 32.2. The molecule has 0 aromatic heterocycles. The molecule has 0 aliphatic carbocycles. The van der Waals surface area contributed by atoms with Crippen molar-refractivity contribution in [2.75, 3.05) is 13.4 Å². The monoisotopic (exact) mass is 359 g/mol. The largest absolute Gasteiger partial charge is 0.460 e. The SMILES string of the molecule is CC(=O)OCOC(=O)C1=C(COC(C)=O)S[C@@H]2C(C(C)O)C(=O)N12. The van der Waals surface area contributed by atoms with E-state index in [0.29, 0.717) is 4.91 Å². The van der Waals surface area contributed by atoms with Gasteiger partial charge in [0.25, 0.3) is 0 Å². The molecule has 1 saturated heterocycles. The van der Waals surface area contributed by atoms with Crippen molar-refractivity contribution in [2.24, 2.45) is 5.92 Å². The fourth-order valence-electron chi connectivity index (χ4n) is 2.35. The Balaban J connectivity index is 2.15. The van der Waals surface area contributed by atoms with Crippen LogP contribution >= 0.6 is 11.8 Å². The lowest BCUT2D eigenvalue weighted by Gasteiger charge is -2.43.